The maximum Gasteiger partial charge on any atom is 0.274 e. The van der Waals surface area contributed by atoms with Crippen molar-refractivity contribution in [3.63, 3.8) is 0 Å². The summed E-state index contributed by atoms with van der Waals surface area (Å²) in [5, 5.41) is 25.4. The predicted molar refractivity (Wildman–Crippen MR) is 123 cm³/mol. The van der Waals surface area contributed by atoms with Gasteiger partial charge >= 0.3 is 0 Å². The molecule has 0 aromatic carbocycles. The molecule has 1 aliphatic rings. The quantitative estimate of drug-likeness (QED) is 0.408. The van der Waals surface area contributed by atoms with Gasteiger partial charge in [-0.15, -0.1) is 10.2 Å². The van der Waals surface area contributed by atoms with E-state index in [4.69, 9.17) is 4.74 Å². The largest absolute Gasteiger partial charge is 0.388 e. The Labute approximate surface area is 195 Å². The van der Waals surface area contributed by atoms with Crippen LogP contribution in [-0.4, -0.2) is 57.8 Å². The third kappa shape index (κ3) is 4.80. The SMILES string of the molecule is Cc1ncc(-c2nnn(C3CC3)n2)cc1NC(=O)c1cnc2cc(COCC(C)(C)O)ccn12. The summed E-state index contributed by atoms with van der Waals surface area (Å²) in [6, 6.07) is 5.85. The van der Waals surface area contributed by atoms with Gasteiger partial charge in [0.25, 0.3) is 5.91 Å². The Kier molecular flexibility index (Phi) is 5.58. The molecule has 0 spiro atoms. The van der Waals surface area contributed by atoms with Gasteiger partial charge in [-0.05, 0) is 62.6 Å². The van der Waals surface area contributed by atoms with Crippen molar-refractivity contribution in [2.45, 2.75) is 51.9 Å². The lowest BCUT2D eigenvalue weighted by atomic mass is 10.2. The number of hydrogen-bond acceptors (Lipinski definition) is 8. The van der Waals surface area contributed by atoms with Crippen LogP contribution in [0.5, 0.6) is 0 Å². The lowest BCUT2D eigenvalue weighted by molar-refractivity contribution is -0.0268. The van der Waals surface area contributed by atoms with Gasteiger partial charge in [-0.2, -0.15) is 4.80 Å². The Morgan fingerprint density at radius 1 is 1.26 bits per heavy atom. The smallest absolute Gasteiger partial charge is 0.274 e. The van der Waals surface area contributed by atoms with E-state index < -0.39 is 5.60 Å². The molecule has 0 aliphatic heterocycles. The molecule has 1 amide bonds. The number of rotatable bonds is 8. The van der Waals surface area contributed by atoms with Crippen LogP contribution in [0.1, 0.15) is 54.5 Å². The number of amides is 1. The maximum absolute atomic E-state index is 13.1. The minimum Gasteiger partial charge on any atom is -0.388 e. The third-order valence-corrected chi connectivity index (χ3v) is 5.43. The number of hydrogen-bond donors (Lipinski definition) is 2. The lowest BCUT2D eigenvalue weighted by Gasteiger charge is -2.16. The van der Waals surface area contributed by atoms with Crippen LogP contribution in [0, 0.1) is 6.92 Å². The van der Waals surface area contributed by atoms with Crippen molar-refractivity contribution in [2.75, 3.05) is 11.9 Å². The van der Waals surface area contributed by atoms with Gasteiger partial charge in [0.1, 0.15) is 11.3 Å². The van der Waals surface area contributed by atoms with Crippen LogP contribution in [0.2, 0.25) is 0 Å². The number of fused-ring (bicyclic) bond motifs is 1. The molecular weight excluding hydrogens is 436 g/mol. The van der Waals surface area contributed by atoms with Crippen LogP contribution in [0.15, 0.2) is 36.8 Å². The van der Waals surface area contributed by atoms with E-state index in [2.05, 4.69) is 30.7 Å². The van der Waals surface area contributed by atoms with E-state index in [1.54, 1.807) is 41.5 Å². The van der Waals surface area contributed by atoms with Crippen molar-refractivity contribution in [2.24, 2.45) is 0 Å². The molecule has 0 saturated heterocycles. The van der Waals surface area contributed by atoms with Gasteiger partial charge in [0, 0.05) is 18.0 Å². The number of aryl methyl sites for hydroxylation is 1. The molecule has 1 fully saturated rings. The molecule has 0 bridgehead atoms. The molecule has 1 saturated carbocycles. The van der Waals surface area contributed by atoms with Crippen LogP contribution in [0.25, 0.3) is 17.0 Å². The van der Waals surface area contributed by atoms with E-state index in [0.717, 1.165) is 18.4 Å². The molecule has 1 aliphatic carbocycles. The first-order chi connectivity index (χ1) is 16.3. The lowest BCUT2D eigenvalue weighted by Crippen LogP contribution is -2.25. The molecule has 5 rings (SSSR count). The minimum absolute atomic E-state index is 0.221. The summed E-state index contributed by atoms with van der Waals surface area (Å²) < 4.78 is 7.27. The summed E-state index contributed by atoms with van der Waals surface area (Å²) in [5.41, 5.74) is 2.94. The van der Waals surface area contributed by atoms with Gasteiger partial charge in [0.15, 0.2) is 0 Å². The van der Waals surface area contributed by atoms with Gasteiger partial charge < -0.3 is 15.2 Å². The number of nitrogens with one attached hydrogen (secondary N) is 1. The Bertz CT molecular complexity index is 1350. The van der Waals surface area contributed by atoms with E-state index in [0.29, 0.717) is 46.8 Å². The van der Waals surface area contributed by atoms with Crippen molar-refractivity contribution in [1.29, 1.82) is 0 Å². The summed E-state index contributed by atoms with van der Waals surface area (Å²) in [5.74, 6) is 0.166. The van der Waals surface area contributed by atoms with Gasteiger partial charge in [-0.25, -0.2) is 4.98 Å². The average molecular weight is 463 g/mol. The van der Waals surface area contributed by atoms with Crippen LogP contribution in [0.3, 0.4) is 0 Å². The second-order valence-electron chi connectivity index (χ2n) is 9.19. The van der Waals surface area contributed by atoms with Gasteiger partial charge in [-0.1, -0.05) is 0 Å². The van der Waals surface area contributed by atoms with Crippen LogP contribution >= 0.6 is 0 Å². The first kappa shape index (κ1) is 22.1. The topological polar surface area (TPSA) is 132 Å². The van der Waals surface area contributed by atoms with Crippen molar-refractivity contribution >= 4 is 17.2 Å². The molecule has 0 radical (unpaired) electrons. The Balaban J connectivity index is 1.32. The molecule has 4 aromatic heterocycles. The highest BCUT2D eigenvalue weighted by molar-refractivity contribution is 6.04. The number of pyridine rings is 2. The number of anilines is 1. The molecule has 4 heterocycles. The van der Waals surface area contributed by atoms with Gasteiger partial charge in [-0.3, -0.25) is 14.2 Å². The van der Waals surface area contributed by atoms with Crippen molar-refractivity contribution in [1.82, 2.24) is 34.6 Å². The number of carbonyl (C=O) groups excluding carboxylic acids is 1. The first-order valence-corrected chi connectivity index (χ1v) is 11.1. The summed E-state index contributed by atoms with van der Waals surface area (Å²) >= 11 is 0. The molecule has 0 atom stereocenters. The number of aromatic nitrogens is 7. The first-order valence-electron chi connectivity index (χ1n) is 11.1. The molecule has 11 heteroatoms. The zero-order valence-corrected chi connectivity index (χ0v) is 19.3. The zero-order valence-electron chi connectivity index (χ0n) is 19.3. The Morgan fingerprint density at radius 2 is 2.09 bits per heavy atom. The second kappa shape index (κ2) is 8.58. The number of tetrazole rings is 1. The summed E-state index contributed by atoms with van der Waals surface area (Å²) in [6.07, 6.45) is 7.12. The highest BCUT2D eigenvalue weighted by atomic mass is 16.5. The number of aliphatic hydroxyl groups is 1. The van der Waals surface area contributed by atoms with E-state index in [1.807, 2.05) is 19.1 Å². The fraction of sp³-hybridized carbons (Fsp3) is 0.391. The fourth-order valence-electron chi connectivity index (χ4n) is 3.47. The highest BCUT2D eigenvalue weighted by Gasteiger charge is 2.26. The number of imidazole rings is 1. The number of nitrogens with zero attached hydrogens (tertiary/aromatic N) is 7. The number of ether oxygens (including phenoxy) is 1. The average Bonchev–Trinajstić information content (AvgIpc) is 3.36. The summed E-state index contributed by atoms with van der Waals surface area (Å²) in [6.45, 7) is 5.76. The van der Waals surface area contributed by atoms with Crippen LogP contribution in [0.4, 0.5) is 5.69 Å². The van der Waals surface area contributed by atoms with E-state index in [-0.39, 0.29) is 12.5 Å². The summed E-state index contributed by atoms with van der Waals surface area (Å²) in [4.78, 5) is 23.4. The molecule has 0 unspecified atom stereocenters. The molecule has 176 valence electrons. The highest BCUT2D eigenvalue weighted by Crippen LogP contribution is 2.33. The van der Waals surface area contributed by atoms with Crippen LogP contribution < -0.4 is 5.32 Å². The Morgan fingerprint density at radius 3 is 2.85 bits per heavy atom. The minimum atomic E-state index is -0.892. The fourth-order valence-corrected chi connectivity index (χ4v) is 3.47. The van der Waals surface area contributed by atoms with Gasteiger partial charge in [0.2, 0.25) is 5.82 Å². The van der Waals surface area contributed by atoms with E-state index in [1.165, 1.54) is 6.20 Å². The van der Waals surface area contributed by atoms with E-state index in [9.17, 15) is 9.90 Å². The molecule has 34 heavy (non-hydrogen) atoms. The monoisotopic (exact) mass is 462 g/mol. The summed E-state index contributed by atoms with van der Waals surface area (Å²) in [7, 11) is 0. The van der Waals surface area contributed by atoms with Crippen molar-refractivity contribution in [3.05, 3.63) is 53.7 Å². The van der Waals surface area contributed by atoms with Crippen molar-refractivity contribution in [3.8, 4) is 11.4 Å². The zero-order chi connectivity index (χ0) is 23.9. The van der Waals surface area contributed by atoms with Crippen molar-refractivity contribution < 1.29 is 14.6 Å². The molecule has 11 nitrogen and oxygen atoms in total. The third-order valence-electron chi connectivity index (χ3n) is 5.43. The maximum atomic E-state index is 13.1. The molecular formula is C23H26N8O3. The van der Waals surface area contributed by atoms with Gasteiger partial charge in [0.05, 0.1) is 42.4 Å². The normalized spacial score (nSPS) is 14.0. The predicted octanol–water partition coefficient (Wildman–Crippen LogP) is 2.57. The second-order valence-corrected chi connectivity index (χ2v) is 9.19. The van der Waals surface area contributed by atoms with E-state index >= 15 is 0 Å². The standard InChI is InChI=1S/C23H26N8O3/c1-14-18(9-16(10-24-14)21-27-29-31(28-21)17-4-5-17)26-22(32)19-11-25-20-8-15(6-7-30(19)20)12-34-13-23(2,3)33/h6-11,17,33H,4-5,12-13H2,1-3H3,(H,26,32). The Hall–Kier alpha value is -3.70. The molecule has 2 N–H and O–H groups in total. The van der Waals surface area contributed by atoms with Crippen LogP contribution in [-0.2, 0) is 11.3 Å². The molecule has 4 aromatic rings. The number of carbonyl (C=O) groups is 1.